The molecule has 0 spiro atoms. The number of anilines is 2. The van der Waals surface area contributed by atoms with Crippen LogP contribution in [0.15, 0.2) is 18.2 Å². The first kappa shape index (κ1) is 17.9. The molecule has 10 heteroatoms. The Labute approximate surface area is 149 Å². The third-order valence-electron chi connectivity index (χ3n) is 4.24. The van der Waals surface area contributed by atoms with Crippen LogP contribution in [0.3, 0.4) is 0 Å². The van der Waals surface area contributed by atoms with Crippen LogP contribution in [0, 0.1) is 5.82 Å². The molecule has 2 saturated heterocycles. The molecule has 0 unspecified atom stereocenters. The Balaban J connectivity index is 1.67. The average molecular weight is 365 g/mol. The molecule has 0 radical (unpaired) electrons. The van der Waals surface area contributed by atoms with Gasteiger partial charge in [0.25, 0.3) is 0 Å². The fourth-order valence-electron chi connectivity index (χ4n) is 2.87. The van der Waals surface area contributed by atoms with Crippen molar-refractivity contribution in [1.29, 1.82) is 0 Å². The predicted octanol–water partition coefficient (Wildman–Crippen LogP) is 0.0275. The molecule has 3 rings (SSSR count). The zero-order valence-electron chi connectivity index (χ0n) is 14.3. The fourth-order valence-corrected chi connectivity index (χ4v) is 2.87. The number of cyclic esters (lactones) is 1. The largest absolute Gasteiger partial charge is 0.442 e. The zero-order valence-corrected chi connectivity index (χ0v) is 14.3. The van der Waals surface area contributed by atoms with Crippen molar-refractivity contribution in [2.75, 3.05) is 42.6 Å². The molecule has 2 aliphatic heterocycles. The quantitative estimate of drug-likeness (QED) is 0.715. The number of hydrogen-bond acceptors (Lipinski definition) is 6. The van der Waals surface area contributed by atoms with E-state index in [1.807, 2.05) is 0 Å². The molecule has 1 atom stereocenters. The SMILES string of the molecule is CC(=O)NC[C@H]1CN(c2ccc(N3CCN(C=O)NC3)c(F)c2)C(=O)O1. The summed E-state index contributed by atoms with van der Waals surface area (Å²) in [4.78, 5) is 36.8. The van der Waals surface area contributed by atoms with Gasteiger partial charge in [0, 0.05) is 13.5 Å². The van der Waals surface area contributed by atoms with Crippen molar-refractivity contribution in [1.82, 2.24) is 15.8 Å². The van der Waals surface area contributed by atoms with Crippen molar-refractivity contribution < 1.29 is 23.5 Å². The van der Waals surface area contributed by atoms with Crippen molar-refractivity contribution in [3.8, 4) is 0 Å². The number of amides is 3. The minimum absolute atomic E-state index is 0.210. The molecule has 1 aromatic rings. The first-order chi connectivity index (χ1) is 12.5. The molecule has 2 fully saturated rings. The molecule has 3 amide bonds. The Bertz CT molecular complexity index is 708. The van der Waals surface area contributed by atoms with Gasteiger partial charge in [0.1, 0.15) is 11.9 Å². The van der Waals surface area contributed by atoms with Gasteiger partial charge in [-0.05, 0) is 18.2 Å². The fraction of sp³-hybridized carbons (Fsp3) is 0.438. The van der Waals surface area contributed by atoms with E-state index in [4.69, 9.17) is 4.74 Å². The summed E-state index contributed by atoms with van der Waals surface area (Å²) in [6, 6.07) is 4.52. The number of benzene rings is 1. The Hall–Kier alpha value is -2.88. The highest BCUT2D eigenvalue weighted by Gasteiger charge is 2.33. The van der Waals surface area contributed by atoms with Crippen LogP contribution in [0.4, 0.5) is 20.6 Å². The summed E-state index contributed by atoms with van der Waals surface area (Å²) in [5.41, 5.74) is 3.63. The molecule has 0 bridgehead atoms. The summed E-state index contributed by atoms with van der Waals surface area (Å²) in [6.45, 7) is 3.06. The summed E-state index contributed by atoms with van der Waals surface area (Å²) in [6.07, 6.45) is -0.365. The molecule has 26 heavy (non-hydrogen) atoms. The number of hydrogen-bond donors (Lipinski definition) is 2. The zero-order chi connectivity index (χ0) is 18.7. The second-order valence-corrected chi connectivity index (χ2v) is 6.07. The van der Waals surface area contributed by atoms with Crippen LogP contribution in [0.2, 0.25) is 0 Å². The van der Waals surface area contributed by atoms with Crippen molar-refractivity contribution in [3.05, 3.63) is 24.0 Å². The number of carbonyl (C=O) groups is 3. The summed E-state index contributed by atoms with van der Waals surface area (Å²) in [5.74, 6) is -0.680. The van der Waals surface area contributed by atoms with Crippen molar-refractivity contribution in [2.24, 2.45) is 0 Å². The summed E-state index contributed by atoms with van der Waals surface area (Å²) in [7, 11) is 0. The maximum Gasteiger partial charge on any atom is 0.414 e. The standard InChI is InChI=1S/C16H20FN5O4/c1-11(24)18-7-13-8-22(16(25)26-13)12-2-3-15(14(17)6-12)20-4-5-21(10-23)19-9-20/h2-3,6,10,13,19H,4-5,7-9H2,1H3,(H,18,24)/t13-/m0/s1. The molecular weight excluding hydrogens is 345 g/mol. The highest BCUT2D eigenvalue weighted by molar-refractivity contribution is 5.90. The smallest absolute Gasteiger partial charge is 0.414 e. The van der Waals surface area contributed by atoms with Crippen molar-refractivity contribution in [3.63, 3.8) is 0 Å². The minimum Gasteiger partial charge on any atom is -0.442 e. The van der Waals surface area contributed by atoms with Crippen molar-refractivity contribution in [2.45, 2.75) is 13.0 Å². The van der Waals surface area contributed by atoms with Gasteiger partial charge in [-0.15, -0.1) is 0 Å². The summed E-state index contributed by atoms with van der Waals surface area (Å²) < 4.78 is 19.7. The van der Waals surface area contributed by atoms with Crippen LogP contribution in [-0.4, -0.2) is 62.4 Å². The van der Waals surface area contributed by atoms with Gasteiger partial charge in [-0.1, -0.05) is 0 Å². The van der Waals surface area contributed by atoms with Crippen LogP contribution < -0.4 is 20.5 Å². The van der Waals surface area contributed by atoms with Gasteiger partial charge in [0.2, 0.25) is 12.3 Å². The molecule has 0 aliphatic carbocycles. The lowest BCUT2D eigenvalue weighted by molar-refractivity contribution is -0.121. The molecule has 2 heterocycles. The molecule has 2 N–H and O–H groups in total. The number of hydrazine groups is 1. The number of halogens is 1. The molecule has 0 saturated carbocycles. The van der Waals surface area contributed by atoms with E-state index in [1.165, 1.54) is 22.9 Å². The van der Waals surface area contributed by atoms with Crippen LogP contribution in [-0.2, 0) is 14.3 Å². The Morgan fingerprint density at radius 2 is 2.27 bits per heavy atom. The normalized spacial score (nSPS) is 20.2. The summed E-state index contributed by atoms with van der Waals surface area (Å²) in [5, 5.41) is 3.99. The number of ether oxygens (including phenoxy) is 1. The Kier molecular flexibility index (Phi) is 5.21. The monoisotopic (exact) mass is 365 g/mol. The number of rotatable bonds is 5. The molecular formula is C16H20FN5O4. The lowest BCUT2D eigenvalue weighted by Crippen LogP contribution is -2.53. The lowest BCUT2D eigenvalue weighted by atomic mass is 10.2. The van der Waals surface area contributed by atoms with E-state index < -0.39 is 18.0 Å². The maximum absolute atomic E-state index is 14.6. The molecule has 0 aromatic heterocycles. The topological polar surface area (TPSA) is 94.2 Å². The molecule has 9 nitrogen and oxygen atoms in total. The second-order valence-electron chi connectivity index (χ2n) is 6.07. The van der Waals surface area contributed by atoms with E-state index in [1.54, 1.807) is 17.0 Å². The van der Waals surface area contributed by atoms with Crippen LogP contribution >= 0.6 is 0 Å². The van der Waals surface area contributed by atoms with Gasteiger partial charge in [-0.25, -0.2) is 14.6 Å². The number of nitrogens with one attached hydrogen (secondary N) is 2. The van der Waals surface area contributed by atoms with E-state index in [0.717, 1.165) is 0 Å². The molecule has 1 aromatic carbocycles. The maximum atomic E-state index is 14.6. The van der Waals surface area contributed by atoms with Gasteiger partial charge >= 0.3 is 6.09 Å². The van der Waals surface area contributed by atoms with E-state index in [-0.39, 0.29) is 19.0 Å². The Morgan fingerprint density at radius 3 is 2.88 bits per heavy atom. The number of nitrogens with zero attached hydrogens (tertiary/aromatic N) is 3. The van der Waals surface area contributed by atoms with Gasteiger partial charge in [-0.2, -0.15) is 0 Å². The predicted molar refractivity (Wildman–Crippen MR) is 90.8 cm³/mol. The third kappa shape index (κ3) is 3.85. The molecule has 2 aliphatic rings. The number of carbonyl (C=O) groups excluding carboxylic acids is 3. The average Bonchev–Trinajstić information content (AvgIpc) is 3.01. The van der Waals surface area contributed by atoms with Gasteiger partial charge in [0.05, 0.1) is 37.7 Å². The van der Waals surface area contributed by atoms with Crippen LogP contribution in [0.5, 0.6) is 0 Å². The van der Waals surface area contributed by atoms with Crippen LogP contribution in [0.25, 0.3) is 0 Å². The molecule has 140 valence electrons. The van der Waals surface area contributed by atoms with Gasteiger partial charge in [0.15, 0.2) is 0 Å². The van der Waals surface area contributed by atoms with Gasteiger partial charge in [-0.3, -0.25) is 19.5 Å². The summed E-state index contributed by atoms with van der Waals surface area (Å²) >= 11 is 0. The van der Waals surface area contributed by atoms with Crippen molar-refractivity contribution >= 4 is 29.8 Å². The third-order valence-corrected chi connectivity index (χ3v) is 4.24. The Morgan fingerprint density at radius 1 is 1.46 bits per heavy atom. The van der Waals surface area contributed by atoms with E-state index in [9.17, 15) is 18.8 Å². The minimum atomic E-state index is -0.575. The van der Waals surface area contributed by atoms with E-state index in [2.05, 4.69) is 10.7 Å². The first-order valence-electron chi connectivity index (χ1n) is 8.20. The first-order valence-corrected chi connectivity index (χ1v) is 8.20. The highest BCUT2D eigenvalue weighted by Crippen LogP contribution is 2.28. The van der Waals surface area contributed by atoms with E-state index in [0.29, 0.717) is 37.5 Å². The van der Waals surface area contributed by atoms with Crippen LogP contribution in [0.1, 0.15) is 6.92 Å². The second kappa shape index (κ2) is 7.56. The highest BCUT2D eigenvalue weighted by atomic mass is 19.1. The van der Waals surface area contributed by atoms with Gasteiger partial charge < -0.3 is 15.0 Å². The lowest BCUT2D eigenvalue weighted by Gasteiger charge is -2.35. The van der Waals surface area contributed by atoms with E-state index >= 15 is 0 Å².